The van der Waals surface area contributed by atoms with Crippen molar-refractivity contribution in [3.8, 4) is 50.7 Å². The minimum atomic E-state index is -3.03. The second-order valence-corrected chi connectivity index (χ2v) is 27.3. The van der Waals surface area contributed by atoms with Crippen molar-refractivity contribution < 1.29 is 4.74 Å². The van der Waals surface area contributed by atoms with E-state index in [1.54, 1.807) is 0 Å². The van der Waals surface area contributed by atoms with Crippen LogP contribution in [0.4, 0.5) is 22.7 Å². The van der Waals surface area contributed by atoms with E-state index in [4.69, 9.17) is 9.72 Å². The number of aromatic nitrogens is 2. The fraction of sp³-hybridized carbons (Fsp3) is 0.122. The van der Waals surface area contributed by atoms with Crippen LogP contribution < -0.4 is 35.3 Å². The van der Waals surface area contributed by atoms with E-state index >= 15 is 0 Å². The zero-order chi connectivity index (χ0) is 54.3. The molecule has 0 spiro atoms. The molecule has 2 aliphatic rings. The van der Waals surface area contributed by atoms with Crippen LogP contribution in [-0.4, -0.2) is 24.3 Å². The molecule has 0 saturated heterocycles. The highest BCUT2D eigenvalue weighted by molar-refractivity contribution is 7.22. The maximum absolute atomic E-state index is 7.46. The first-order valence-corrected chi connectivity index (χ1v) is 30.0. The molecule has 4 heterocycles. The molecule has 0 bridgehead atoms. The number of benzene rings is 10. The fourth-order valence-corrected chi connectivity index (χ4v) is 18.0. The van der Waals surface area contributed by atoms with E-state index in [9.17, 15) is 0 Å². The van der Waals surface area contributed by atoms with Crippen LogP contribution >= 0.6 is 0 Å². The Balaban J connectivity index is 1.000. The summed E-state index contributed by atoms with van der Waals surface area (Å²) < 4.78 is 9.76. The highest BCUT2D eigenvalue weighted by Gasteiger charge is 2.49. The van der Waals surface area contributed by atoms with Crippen LogP contribution in [0.5, 0.6) is 11.5 Å². The Hall–Kier alpha value is -9.23. The van der Waals surface area contributed by atoms with Crippen LogP contribution in [0.25, 0.3) is 61.0 Å². The van der Waals surface area contributed by atoms with Gasteiger partial charge in [-0.2, -0.15) is 0 Å². The number of hydrogen-bond donors (Lipinski definition) is 0. The lowest BCUT2D eigenvalue weighted by atomic mass is 9.82. The van der Waals surface area contributed by atoms with Gasteiger partial charge in [0.25, 0.3) is 0 Å². The molecule has 14 rings (SSSR count). The Morgan fingerprint density at radius 1 is 0.412 bits per heavy atom. The van der Waals surface area contributed by atoms with Crippen molar-refractivity contribution in [3.63, 3.8) is 0 Å². The van der Waals surface area contributed by atoms with Gasteiger partial charge in [0.05, 0.1) is 28.1 Å². The third kappa shape index (κ3) is 8.07. The highest BCUT2D eigenvalue weighted by atomic mass is 28.3. The summed E-state index contributed by atoms with van der Waals surface area (Å²) in [6, 6.07) is 92.0. The standard InChI is InChI=1S/C74H62N4OSi/c1-73(2,3)52-40-41-75-71(44-52)78-65-33-19-16-30-59(65)60-39-38-55(48-68(60)78)79-56-45-54(46-58(47-56)80(57-28-14-9-15-29-57)69-36-22-17-31-61(69)62-32-18-23-37-70(62)80)76-49-77(67-35-21-20-34-66(67)76)72-63(50-24-10-7-11-25-50)42-53(74(4,5)6)43-64(72)51-26-12-8-13-27-51/h7-48H,49H2,1-6H3. The Kier molecular flexibility index (Phi) is 11.7. The maximum Gasteiger partial charge on any atom is 0.181 e. The van der Waals surface area contributed by atoms with Gasteiger partial charge in [-0.15, -0.1) is 0 Å². The monoisotopic (exact) mass is 1050 g/mol. The molecule has 388 valence electrons. The second kappa shape index (κ2) is 19.0. The summed E-state index contributed by atoms with van der Waals surface area (Å²) in [5.41, 5.74) is 16.4. The Bertz CT molecular complexity index is 4240. The number of rotatable bonds is 9. The number of para-hydroxylation sites is 3. The zero-order valence-corrected chi connectivity index (χ0v) is 47.2. The first-order chi connectivity index (χ1) is 38.9. The molecule has 0 amide bonds. The summed E-state index contributed by atoms with van der Waals surface area (Å²) in [4.78, 5) is 10.1. The summed E-state index contributed by atoms with van der Waals surface area (Å²) >= 11 is 0. The molecule has 0 saturated carbocycles. The average molecular weight is 1050 g/mol. The Labute approximate surface area is 470 Å². The third-order valence-corrected chi connectivity index (χ3v) is 21.5. The van der Waals surface area contributed by atoms with Gasteiger partial charge in [-0.25, -0.2) is 4.98 Å². The van der Waals surface area contributed by atoms with E-state index < -0.39 is 8.07 Å². The summed E-state index contributed by atoms with van der Waals surface area (Å²) in [7, 11) is -3.03. The molecule has 2 aliphatic heterocycles. The van der Waals surface area contributed by atoms with Gasteiger partial charge >= 0.3 is 0 Å². The SMILES string of the molecule is CC(C)(C)c1ccnc(-n2c3ccccc3c3ccc(Oc4cc(N5CN(c6c(-c7ccccc7)cc(C(C)(C)C)cc6-c6ccccc6)c6ccccc65)cc([Si]5(c6ccccc6)c6ccccc6-c6ccccc65)c4)cc32)c1. The van der Waals surface area contributed by atoms with Gasteiger partial charge in [0, 0.05) is 45.9 Å². The van der Waals surface area contributed by atoms with Crippen molar-refractivity contribution in [1.29, 1.82) is 0 Å². The predicted octanol–water partition coefficient (Wildman–Crippen LogP) is 16.5. The molecule has 0 atom stereocenters. The van der Waals surface area contributed by atoms with E-state index in [1.807, 2.05) is 6.20 Å². The van der Waals surface area contributed by atoms with Gasteiger partial charge in [-0.05, 0) is 132 Å². The largest absolute Gasteiger partial charge is 0.457 e. The quantitative estimate of drug-likeness (QED) is 0.135. The van der Waals surface area contributed by atoms with Crippen molar-refractivity contribution in [3.05, 3.63) is 266 Å². The predicted molar refractivity (Wildman–Crippen MR) is 338 cm³/mol. The summed E-state index contributed by atoms with van der Waals surface area (Å²) in [5.74, 6) is 2.41. The lowest BCUT2D eigenvalue weighted by Gasteiger charge is -2.33. The molecule has 0 N–H and O–H groups in total. The smallest absolute Gasteiger partial charge is 0.181 e. The van der Waals surface area contributed by atoms with Crippen LogP contribution in [0.1, 0.15) is 52.7 Å². The Morgan fingerprint density at radius 2 is 0.963 bits per heavy atom. The molecule has 2 aromatic heterocycles. The second-order valence-electron chi connectivity index (χ2n) is 23.6. The minimum absolute atomic E-state index is 0.0493. The minimum Gasteiger partial charge on any atom is -0.457 e. The summed E-state index contributed by atoms with van der Waals surface area (Å²) in [6.07, 6.45) is 1.94. The van der Waals surface area contributed by atoms with Crippen molar-refractivity contribution in [2.24, 2.45) is 0 Å². The van der Waals surface area contributed by atoms with E-state index in [0.717, 1.165) is 50.8 Å². The Morgan fingerprint density at radius 3 is 1.60 bits per heavy atom. The van der Waals surface area contributed by atoms with E-state index in [1.165, 1.54) is 76.3 Å². The van der Waals surface area contributed by atoms with Crippen LogP contribution in [0.15, 0.2) is 255 Å². The van der Waals surface area contributed by atoms with Gasteiger partial charge < -0.3 is 14.5 Å². The zero-order valence-electron chi connectivity index (χ0n) is 46.2. The molecule has 10 aromatic carbocycles. The van der Waals surface area contributed by atoms with Crippen molar-refractivity contribution in [2.75, 3.05) is 16.5 Å². The van der Waals surface area contributed by atoms with Crippen LogP contribution in [0.3, 0.4) is 0 Å². The third-order valence-electron chi connectivity index (χ3n) is 16.7. The molecule has 6 heteroatoms. The average Bonchev–Trinajstić information content (AvgIpc) is 4.34. The van der Waals surface area contributed by atoms with Gasteiger partial charge in [0.15, 0.2) is 8.07 Å². The van der Waals surface area contributed by atoms with Crippen molar-refractivity contribution in [1.82, 2.24) is 9.55 Å². The number of anilines is 4. The number of pyridine rings is 1. The molecular formula is C74H62N4OSi. The van der Waals surface area contributed by atoms with Crippen LogP contribution in [-0.2, 0) is 10.8 Å². The topological polar surface area (TPSA) is 33.5 Å². The van der Waals surface area contributed by atoms with Crippen LogP contribution in [0.2, 0.25) is 0 Å². The summed E-state index contributed by atoms with van der Waals surface area (Å²) in [6.45, 7) is 14.3. The van der Waals surface area contributed by atoms with Gasteiger partial charge in [-0.1, -0.05) is 211 Å². The van der Waals surface area contributed by atoms with Crippen LogP contribution in [0, 0.1) is 0 Å². The first kappa shape index (κ1) is 49.1. The molecule has 0 aliphatic carbocycles. The normalized spacial score (nSPS) is 13.6. The highest BCUT2D eigenvalue weighted by Crippen LogP contribution is 2.52. The molecule has 80 heavy (non-hydrogen) atoms. The molecule has 5 nitrogen and oxygen atoms in total. The van der Waals surface area contributed by atoms with E-state index in [2.05, 4.69) is 305 Å². The molecule has 0 fully saturated rings. The number of ether oxygens (including phenoxy) is 1. The molecule has 0 unspecified atom stereocenters. The number of nitrogens with zero attached hydrogens (tertiary/aromatic N) is 4. The molecule has 0 radical (unpaired) electrons. The van der Waals surface area contributed by atoms with Gasteiger partial charge in [-0.3, -0.25) is 4.57 Å². The van der Waals surface area contributed by atoms with E-state index in [0.29, 0.717) is 6.67 Å². The lowest BCUT2D eigenvalue weighted by Crippen LogP contribution is -2.72. The molecule has 12 aromatic rings. The van der Waals surface area contributed by atoms with Crippen molar-refractivity contribution in [2.45, 2.75) is 52.4 Å². The van der Waals surface area contributed by atoms with Crippen molar-refractivity contribution >= 4 is 73.4 Å². The van der Waals surface area contributed by atoms with Gasteiger partial charge in [0.2, 0.25) is 0 Å². The number of hydrogen-bond acceptors (Lipinski definition) is 4. The first-order valence-electron chi connectivity index (χ1n) is 28.0. The lowest BCUT2D eigenvalue weighted by molar-refractivity contribution is 0.484. The maximum atomic E-state index is 7.46. The van der Waals surface area contributed by atoms with Gasteiger partial charge in [0.1, 0.15) is 24.0 Å². The number of fused-ring (bicyclic) bond motifs is 7. The fourth-order valence-electron chi connectivity index (χ4n) is 12.8. The molecular weight excluding hydrogens is 989 g/mol. The summed E-state index contributed by atoms with van der Waals surface area (Å²) in [5, 5.41) is 7.68. The van der Waals surface area contributed by atoms with E-state index in [-0.39, 0.29) is 10.8 Å².